The molecule has 0 bridgehead atoms. The number of anilines is 1. The van der Waals surface area contributed by atoms with Crippen molar-refractivity contribution in [1.29, 1.82) is 0 Å². The van der Waals surface area contributed by atoms with Gasteiger partial charge in [-0.15, -0.1) is 0 Å². The Kier molecular flexibility index (Phi) is 5.81. The van der Waals surface area contributed by atoms with Gasteiger partial charge in [-0.05, 0) is 18.2 Å². The summed E-state index contributed by atoms with van der Waals surface area (Å²) in [5, 5.41) is 5.38. The molecule has 1 atom stereocenters. The first kappa shape index (κ1) is 21.4. The summed E-state index contributed by atoms with van der Waals surface area (Å²) in [5.74, 6) is -0.635. The molecule has 0 aliphatic carbocycles. The SMILES string of the molecule is COc1ccccc1C1NC(=O)N(C)C2=C1C(=O)N(CCC(=O)Nc1ccccc1F)C2. The molecule has 1 unspecified atom stereocenters. The summed E-state index contributed by atoms with van der Waals surface area (Å²) in [5.41, 5.74) is 1.81. The van der Waals surface area contributed by atoms with E-state index in [1.54, 1.807) is 25.2 Å². The molecule has 0 saturated carbocycles. The maximum atomic E-state index is 13.8. The van der Waals surface area contributed by atoms with E-state index in [1.807, 2.05) is 12.1 Å². The quantitative estimate of drug-likeness (QED) is 0.726. The number of ether oxygens (including phenoxy) is 1. The Morgan fingerprint density at radius 2 is 1.91 bits per heavy atom. The monoisotopic (exact) mass is 438 g/mol. The predicted molar refractivity (Wildman–Crippen MR) is 115 cm³/mol. The lowest BCUT2D eigenvalue weighted by molar-refractivity contribution is -0.126. The zero-order chi connectivity index (χ0) is 22.8. The summed E-state index contributed by atoms with van der Waals surface area (Å²) in [6.45, 7) is 0.337. The molecule has 4 rings (SSSR count). The number of carbonyl (C=O) groups excluding carboxylic acids is 3. The number of halogens is 1. The van der Waals surface area contributed by atoms with Crippen LogP contribution in [0.5, 0.6) is 5.75 Å². The number of urea groups is 1. The molecule has 2 N–H and O–H groups in total. The Morgan fingerprint density at radius 3 is 2.66 bits per heavy atom. The van der Waals surface area contributed by atoms with E-state index < -0.39 is 17.8 Å². The smallest absolute Gasteiger partial charge is 0.322 e. The van der Waals surface area contributed by atoms with Crippen molar-refractivity contribution in [2.75, 3.05) is 32.6 Å². The number of hydrogen-bond donors (Lipinski definition) is 2. The highest BCUT2D eigenvalue weighted by Gasteiger charge is 2.43. The van der Waals surface area contributed by atoms with Gasteiger partial charge in [-0.3, -0.25) is 14.5 Å². The van der Waals surface area contributed by atoms with Gasteiger partial charge in [0.15, 0.2) is 0 Å². The number of para-hydroxylation sites is 2. The minimum Gasteiger partial charge on any atom is -0.496 e. The molecule has 9 heteroatoms. The van der Waals surface area contributed by atoms with Crippen LogP contribution in [0, 0.1) is 5.82 Å². The molecule has 4 amide bonds. The van der Waals surface area contributed by atoms with E-state index in [2.05, 4.69) is 10.6 Å². The van der Waals surface area contributed by atoms with Gasteiger partial charge in [0.1, 0.15) is 11.6 Å². The third-order valence-electron chi connectivity index (χ3n) is 5.64. The van der Waals surface area contributed by atoms with Crippen molar-refractivity contribution in [3.05, 3.63) is 71.2 Å². The second kappa shape index (κ2) is 8.70. The Labute approximate surface area is 184 Å². The van der Waals surface area contributed by atoms with Gasteiger partial charge in [-0.25, -0.2) is 9.18 Å². The molecule has 0 aromatic heterocycles. The molecule has 0 radical (unpaired) electrons. The van der Waals surface area contributed by atoms with Crippen LogP contribution in [-0.4, -0.2) is 54.9 Å². The summed E-state index contributed by atoms with van der Waals surface area (Å²) in [7, 11) is 3.13. The number of methoxy groups -OCH3 is 1. The van der Waals surface area contributed by atoms with Crippen molar-refractivity contribution in [1.82, 2.24) is 15.1 Å². The molecule has 0 saturated heterocycles. The van der Waals surface area contributed by atoms with E-state index in [0.29, 0.717) is 22.6 Å². The highest BCUT2D eigenvalue weighted by Crippen LogP contribution is 2.38. The van der Waals surface area contributed by atoms with Crippen LogP contribution in [0.15, 0.2) is 59.8 Å². The molecular weight excluding hydrogens is 415 g/mol. The van der Waals surface area contributed by atoms with Gasteiger partial charge < -0.3 is 20.3 Å². The fourth-order valence-corrected chi connectivity index (χ4v) is 3.95. The second-order valence-electron chi connectivity index (χ2n) is 7.55. The Bertz CT molecular complexity index is 1120. The van der Waals surface area contributed by atoms with Crippen LogP contribution in [0.2, 0.25) is 0 Å². The average molecular weight is 438 g/mol. The first-order valence-electron chi connectivity index (χ1n) is 10.1. The first-order valence-corrected chi connectivity index (χ1v) is 10.1. The van der Waals surface area contributed by atoms with Crippen molar-refractivity contribution < 1.29 is 23.5 Å². The second-order valence-corrected chi connectivity index (χ2v) is 7.55. The summed E-state index contributed by atoms with van der Waals surface area (Å²) in [6.07, 6.45) is -0.00888. The summed E-state index contributed by atoms with van der Waals surface area (Å²) in [4.78, 5) is 41.0. The zero-order valence-corrected chi connectivity index (χ0v) is 17.7. The highest BCUT2D eigenvalue weighted by atomic mass is 19.1. The number of rotatable bonds is 6. The van der Waals surface area contributed by atoms with E-state index >= 15 is 0 Å². The van der Waals surface area contributed by atoms with Crippen molar-refractivity contribution >= 4 is 23.5 Å². The third-order valence-corrected chi connectivity index (χ3v) is 5.64. The minimum absolute atomic E-state index is 0.00888. The lowest BCUT2D eigenvalue weighted by Gasteiger charge is -2.31. The third kappa shape index (κ3) is 3.89. The first-order chi connectivity index (χ1) is 15.4. The number of amides is 4. The molecule has 2 aromatic carbocycles. The van der Waals surface area contributed by atoms with Crippen molar-refractivity contribution in [3.63, 3.8) is 0 Å². The summed E-state index contributed by atoms with van der Waals surface area (Å²) < 4.78 is 19.2. The lowest BCUT2D eigenvalue weighted by Crippen LogP contribution is -2.45. The van der Waals surface area contributed by atoms with Crippen LogP contribution in [0.3, 0.4) is 0 Å². The number of nitrogens with zero attached hydrogens (tertiary/aromatic N) is 2. The number of hydrogen-bond acceptors (Lipinski definition) is 4. The van der Waals surface area contributed by atoms with E-state index in [4.69, 9.17) is 4.74 Å². The number of nitrogens with one attached hydrogen (secondary N) is 2. The van der Waals surface area contributed by atoms with E-state index in [-0.39, 0.29) is 37.1 Å². The fourth-order valence-electron chi connectivity index (χ4n) is 3.95. The summed E-state index contributed by atoms with van der Waals surface area (Å²) in [6, 6.07) is 12.1. The molecule has 8 nitrogen and oxygen atoms in total. The molecule has 32 heavy (non-hydrogen) atoms. The molecule has 2 heterocycles. The standard InChI is InChI=1S/C23H23FN4O4/c1-27-17-13-28(12-11-19(29)25-16-9-5-4-8-15(16)24)22(30)20(17)21(26-23(27)31)14-7-3-6-10-18(14)32-2/h3-10,21H,11-13H2,1-2H3,(H,25,29)(H,26,31). The number of benzene rings is 2. The predicted octanol–water partition coefficient (Wildman–Crippen LogP) is 2.66. The van der Waals surface area contributed by atoms with Crippen molar-refractivity contribution in [3.8, 4) is 5.75 Å². The van der Waals surface area contributed by atoms with E-state index in [1.165, 1.54) is 35.1 Å². The molecule has 166 valence electrons. The number of carbonyl (C=O) groups is 3. The van der Waals surface area contributed by atoms with E-state index in [0.717, 1.165) is 0 Å². The van der Waals surface area contributed by atoms with Gasteiger partial charge in [-0.1, -0.05) is 30.3 Å². The molecule has 2 aliphatic rings. The van der Waals surface area contributed by atoms with Crippen LogP contribution < -0.4 is 15.4 Å². The largest absolute Gasteiger partial charge is 0.496 e. The minimum atomic E-state index is -0.658. The average Bonchev–Trinajstić information content (AvgIpc) is 3.13. The fraction of sp³-hybridized carbons (Fsp3) is 0.261. The maximum absolute atomic E-state index is 13.8. The van der Waals surface area contributed by atoms with Gasteiger partial charge in [0.25, 0.3) is 5.91 Å². The zero-order valence-electron chi connectivity index (χ0n) is 17.7. The van der Waals surface area contributed by atoms with Gasteiger partial charge in [0, 0.05) is 25.6 Å². The van der Waals surface area contributed by atoms with Crippen LogP contribution >= 0.6 is 0 Å². The summed E-state index contributed by atoms with van der Waals surface area (Å²) >= 11 is 0. The van der Waals surface area contributed by atoms with Gasteiger partial charge in [0.2, 0.25) is 5.91 Å². The molecule has 0 spiro atoms. The Hall–Kier alpha value is -3.88. The molecule has 2 aromatic rings. The topological polar surface area (TPSA) is 91.0 Å². The van der Waals surface area contributed by atoms with Gasteiger partial charge in [0.05, 0.1) is 36.7 Å². The normalized spacial score (nSPS) is 17.9. The van der Waals surface area contributed by atoms with Gasteiger partial charge >= 0.3 is 6.03 Å². The molecule has 2 aliphatic heterocycles. The van der Waals surface area contributed by atoms with E-state index in [9.17, 15) is 18.8 Å². The van der Waals surface area contributed by atoms with Crippen LogP contribution in [-0.2, 0) is 9.59 Å². The Morgan fingerprint density at radius 1 is 1.19 bits per heavy atom. The van der Waals surface area contributed by atoms with Crippen LogP contribution in [0.25, 0.3) is 0 Å². The lowest BCUT2D eigenvalue weighted by atomic mass is 9.95. The van der Waals surface area contributed by atoms with Crippen molar-refractivity contribution in [2.24, 2.45) is 0 Å². The maximum Gasteiger partial charge on any atom is 0.322 e. The van der Waals surface area contributed by atoms with Gasteiger partial charge in [-0.2, -0.15) is 0 Å². The Balaban J connectivity index is 1.51. The molecular formula is C23H23FN4O4. The van der Waals surface area contributed by atoms with Crippen LogP contribution in [0.1, 0.15) is 18.0 Å². The number of likely N-dealkylation sites (N-methyl/N-ethyl adjacent to an activating group) is 1. The molecule has 0 fully saturated rings. The van der Waals surface area contributed by atoms with Crippen molar-refractivity contribution in [2.45, 2.75) is 12.5 Å². The van der Waals surface area contributed by atoms with Crippen LogP contribution in [0.4, 0.5) is 14.9 Å². The highest BCUT2D eigenvalue weighted by molar-refractivity contribution is 6.02.